The van der Waals surface area contributed by atoms with Crippen LogP contribution in [0.5, 0.6) is 0 Å². The number of nitriles is 1. The summed E-state index contributed by atoms with van der Waals surface area (Å²) in [6, 6.07) is 8.92. The van der Waals surface area contributed by atoms with Gasteiger partial charge in [-0.15, -0.1) is 0 Å². The maximum atomic E-state index is 11.8. The zero-order chi connectivity index (χ0) is 14.1. The van der Waals surface area contributed by atoms with Crippen molar-refractivity contribution in [1.29, 1.82) is 5.26 Å². The van der Waals surface area contributed by atoms with E-state index in [1.807, 2.05) is 18.0 Å². The van der Waals surface area contributed by atoms with Crippen LogP contribution in [0.3, 0.4) is 0 Å². The van der Waals surface area contributed by atoms with Crippen molar-refractivity contribution in [3.05, 3.63) is 29.8 Å². The van der Waals surface area contributed by atoms with E-state index in [9.17, 15) is 4.79 Å². The number of benzene rings is 1. The largest absolute Gasteiger partial charge is 0.325 e. The molecular weight excluding hydrogens is 238 g/mol. The van der Waals surface area contributed by atoms with Crippen LogP contribution in [-0.2, 0) is 4.79 Å². The summed E-state index contributed by atoms with van der Waals surface area (Å²) in [6.45, 7) is 3.50. The van der Waals surface area contributed by atoms with Crippen molar-refractivity contribution in [3.8, 4) is 6.07 Å². The number of carbonyl (C=O) groups excluding carboxylic acids is 1. The van der Waals surface area contributed by atoms with Gasteiger partial charge in [-0.3, -0.25) is 9.69 Å². The molecule has 0 aliphatic rings. The van der Waals surface area contributed by atoms with Crippen LogP contribution in [0, 0.1) is 11.3 Å². The Balaban J connectivity index is 2.35. The molecule has 0 saturated heterocycles. The van der Waals surface area contributed by atoms with Crippen LogP contribution in [0.15, 0.2) is 24.3 Å². The molecule has 4 nitrogen and oxygen atoms in total. The zero-order valence-corrected chi connectivity index (χ0v) is 11.6. The van der Waals surface area contributed by atoms with Crippen molar-refractivity contribution >= 4 is 11.6 Å². The fourth-order valence-corrected chi connectivity index (χ4v) is 1.78. The van der Waals surface area contributed by atoms with Gasteiger partial charge in [0.15, 0.2) is 0 Å². The van der Waals surface area contributed by atoms with Crippen LogP contribution in [0.2, 0.25) is 0 Å². The monoisotopic (exact) mass is 259 g/mol. The molecule has 0 unspecified atom stereocenters. The van der Waals surface area contributed by atoms with Crippen LogP contribution >= 0.6 is 0 Å². The van der Waals surface area contributed by atoms with Gasteiger partial charge in [0.25, 0.3) is 0 Å². The lowest BCUT2D eigenvalue weighted by Crippen LogP contribution is -2.30. The molecule has 1 N–H and O–H groups in total. The first-order valence-corrected chi connectivity index (χ1v) is 6.64. The molecule has 0 fully saturated rings. The second-order valence-electron chi connectivity index (χ2n) is 4.68. The molecule has 1 amide bonds. The number of hydrogen-bond acceptors (Lipinski definition) is 3. The lowest BCUT2D eigenvalue weighted by molar-refractivity contribution is -0.117. The fourth-order valence-electron chi connectivity index (χ4n) is 1.78. The number of likely N-dealkylation sites (N-methyl/N-ethyl adjacent to an activating group) is 1. The summed E-state index contributed by atoms with van der Waals surface area (Å²) in [5.41, 5.74) is 1.32. The van der Waals surface area contributed by atoms with Gasteiger partial charge in [-0.2, -0.15) is 5.26 Å². The normalized spacial score (nSPS) is 10.2. The maximum Gasteiger partial charge on any atom is 0.238 e. The summed E-state index contributed by atoms with van der Waals surface area (Å²) in [7, 11) is 1.95. The average molecular weight is 259 g/mol. The Labute approximate surface area is 115 Å². The number of rotatable bonds is 7. The van der Waals surface area contributed by atoms with Crippen molar-refractivity contribution in [2.75, 3.05) is 25.5 Å². The molecule has 0 heterocycles. The molecule has 0 aromatic heterocycles. The van der Waals surface area contributed by atoms with Crippen LogP contribution in [0.1, 0.15) is 31.7 Å². The molecule has 1 aromatic rings. The van der Waals surface area contributed by atoms with Crippen molar-refractivity contribution in [2.24, 2.45) is 0 Å². The van der Waals surface area contributed by atoms with Crippen molar-refractivity contribution in [3.63, 3.8) is 0 Å². The summed E-state index contributed by atoms with van der Waals surface area (Å²) >= 11 is 0. The Morgan fingerprint density at radius 1 is 1.32 bits per heavy atom. The first-order chi connectivity index (χ1) is 9.15. The Kier molecular flexibility index (Phi) is 6.62. The standard InChI is InChI=1S/C15H21N3O/c1-3-4-5-10-18(2)12-15(19)17-14-8-6-13(11-16)7-9-14/h6-9H,3-5,10,12H2,1-2H3,(H,17,19). The van der Waals surface area contributed by atoms with Gasteiger partial charge in [0.1, 0.15) is 0 Å². The number of hydrogen-bond donors (Lipinski definition) is 1. The summed E-state index contributed by atoms with van der Waals surface area (Å²) in [5.74, 6) is -0.0243. The van der Waals surface area contributed by atoms with Crippen molar-refractivity contribution in [2.45, 2.75) is 26.2 Å². The molecule has 102 valence electrons. The zero-order valence-electron chi connectivity index (χ0n) is 11.6. The first kappa shape index (κ1) is 15.2. The Morgan fingerprint density at radius 2 is 2.00 bits per heavy atom. The SMILES string of the molecule is CCCCCN(C)CC(=O)Nc1ccc(C#N)cc1. The molecule has 0 spiro atoms. The molecule has 0 radical (unpaired) electrons. The van der Waals surface area contributed by atoms with E-state index in [1.165, 1.54) is 12.8 Å². The number of carbonyl (C=O) groups is 1. The highest BCUT2D eigenvalue weighted by atomic mass is 16.2. The number of amides is 1. The molecule has 19 heavy (non-hydrogen) atoms. The van der Waals surface area contributed by atoms with Gasteiger partial charge in [-0.25, -0.2) is 0 Å². The van der Waals surface area contributed by atoms with E-state index in [0.29, 0.717) is 12.1 Å². The van der Waals surface area contributed by atoms with E-state index < -0.39 is 0 Å². The topological polar surface area (TPSA) is 56.1 Å². The second-order valence-corrected chi connectivity index (χ2v) is 4.68. The van der Waals surface area contributed by atoms with Gasteiger partial charge in [-0.05, 0) is 44.3 Å². The van der Waals surface area contributed by atoms with Gasteiger partial charge in [-0.1, -0.05) is 19.8 Å². The van der Waals surface area contributed by atoms with Crippen LogP contribution in [0.4, 0.5) is 5.69 Å². The fraction of sp³-hybridized carbons (Fsp3) is 0.467. The summed E-state index contributed by atoms with van der Waals surface area (Å²) in [4.78, 5) is 13.8. The molecular formula is C15H21N3O. The highest BCUT2D eigenvalue weighted by Crippen LogP contribution is 2.08. The maximum absolute atomic E-state index is 11.8. The minimum atomic E-state index is -0.0243. The molecule has 0 bridgehead atoms. The number of nitrogens with one attached hydrogen (secondary N) is 1. The minimum Gasteiger partial charge on any atom is -0.325 e. The third kappa shape index (κ3) is 6.03. The lowest BCUT2D eigenvalue weighted by Gasteiger charge is -2.15. The van der Waals surface area contributed by atoms with E-state index in [-0.39, 0.29) is 5.91 Å². The molecule has 0 saturated carbocycles. The molecule has 0 aliphatic carbocycles. The van der Waals surface area contributed by atoms with Gasteiger partial charge >= 0.3 is 0 Å². The number of nitrogens with zero attached hydrogens (tertiary/aromatic N) is 2. The van der Waals surface area contributed by atoms with Gasteiger partial charge < -0.3 is 5.32 Å². The summed E-state index contributed by atoms with van der Waals surface area (Å²) in [5, 5.41) is 11.5. The molecule has 4 heteroatoms. The minimum absolute atomic E-state index is 0.0243. The smallest absolute Gasteiger partial charge is 0.238 e. The van der Waals surface area contributed by atoms with Crippen LogP contribution in [0.25, 0.3) is 0 Å². The van der Waals surface area contributed by atoms with Crippen LogP contribution < -0.4 is 5.32 Å². The third-order valence-electron chi connectivity index (χ3n) is 2.85. The lowest BCUT2D eigenvalue weighted by atomic mass is 10.2. The van der Waals surface area contributed by atoms with E-state index >= 15 is 0 Å². The highest BCUT2D eigenvalue weighted by Gasteiger charge is 2.06. The van der Waals surface area contributed by atoms with Crippen molar-refractivity contribution in [1.82, 2.24) is 4.90 Å². The van der Waals surface area contributed by atoms with Crippen molar-refractivity contribution < 1.29 is 4.79 Å². The van der Waals surface area contributed by atoms with Gasteiger partial charge in [0.05, 0.1) is 18.2 Å². The predicted octanol–water partition coefficient (Wildman–Crippen LogP) is 2.62. The van der Waals surface area contributed by atoms with E-state index in [0.717, 1.165) is 18.7 Å². The number of unbranched alkanes of at least 4 members (excludes halogenated alkanes) is 2. The molecule has 1 rings (SSSR count). The second kappa shape index (κ2) is 8.28. The first-order valence-electron chi connectivity index (χ1n) is 6.64. The van der Waals surface area contributed by atoms with E-state index in [4.69, 9.17) is 5.26 Å². The quantitative estimate of drug-likeness (QED) is 0.766. The van der Waals surface area contributed by atoms with E-state index in [2.05, 4.69) is 12.2 Å². The summed E-state index contributed by atoms with van der Waals surface area (Å²) < 4.78 is 0. The average Bonchev–Trinajstić information content (AvgIpc) is 2.39. The summed E-state index contributed by atoms with van der Waals surface area (Å²) in [6.07, 6.45) is 3.50. The molecule has 0 aliphatic heterocycles. The third-order valence-corrected chi connectivity index (χ3v) is 2.85. The number of anilines is 1. The Morgan fingerprint density at radius 3 is 2.58 bits per heavy atom. The Bertz CT molecular complexity index is 434. The van der Waals surface area contributed by atoms with Crippen LogP contribution in [-0.4, -0.2) is 30.9 Å². The van der Waals surface area contributed by atoms with E-state index in [1.54, 1.807) is 24.3 Å². The van der Waals surface area contributed by atoms with Gasteiger partial charge in [0.2, 0.25) is 5.91 Å². The molecule has 1 aromatic carbocycles. The Hall–Kier alpha value is -1.86. The highest BCUT2D eigenvalue weighted by molar-refractivity contribution is 5.92. The predicted molar refractivity (Wildman–Crippen MR) is 76.8 cm³/mol. The van der Waals surface area contributed by atoms with Gasteiger partial charge in [0, 0.05) is 5.69 Å². The molecule has 0 atom stereocenters.